The molecule has 2 aromatic carbocycles. The molecular weight excluding hydrogens is 507 g/mol. The number of carbonyl (C=O) groups is 5. The van der Waals surface area contributed by atoms with Gasteiger partial charge in [0, 0.05) is 11.3 Å². The Labute approximate surface area is 216 Å². The molecule has 1 saturated heterocycles. The standard InChI is InChI=1S/C26H22Cl2N2O6/c1-12(31)14-3-2-4-15(9-14)29-19(32)11-36-26(35)13-5-7-16(8-6-13)30-24(33)20-17-10-18(21(20)25(30)34)23(28)22(17)27/h2-9,17-18,20-23H,10-11H2,1H3,(H,29,32)/t17-,18-,20-,21+,22-,23+/m1/s1. The smallest absolute Gasteiger partial charge is 0.338 e. The molecule has 2 aromatic rings. The summed E-state index contributed by atoms with van der Waals surface area (Å²) >= 11 is 12.8. The number of rotatable bonds is 6. The number of fused-ring (bicyclic) bond motifs is 5. The monoisotopic (exact) mass is 528 g/mol. The van der Waals surface area contributed by atoms with Gasteiger partial charge in [0.25, 0.3) is 5.91 Å². The maximum Gasteiger partial charge on any atom is 0.338 e. The molecule has 0 unspecified atom stereocenters. The summed E-state index contributed by atoms with van der Waals surface area (Å²) in [6.45, 7) is 0.891. The maximum absolute atomic E-state index is 13.1. The summed E-state index contributed by atoms with van der Waals surface area (Å²) in [4.78, 5) is 63.4. The number of nitrogens with zero attached hydrogens (tertiary/aromatic N) is 1. The van der Waals surface area contributed by atoms with Crippen molar-refractivity contribution in [2.45, 2.75) is 24.1 Å². The quantitative estimate of drug-likeness (QED) is 0.265. The number of anilines is 2. The number of Topliss-reactive ketones (excluding diaryl/α,β-unsaturated/α-hetero) is 1. The molecule has 1 heterocycles. The third kappa shape index (κ3) is 4.08. The number of alkyl halides is 2. The van der Waals surface area contributed by atoms with E-state index >= 15 is 0 Å². The molecule has 1 aliphatic heterocycles. The number of nitrogens with one attached hydrogen (secondary N) is 1. The topological polar surface area (TPSA) is 110 Å². The molecule has 0 spiro atoms. The van der Waals surface area contributed by atoms with Gasteiger partial charge in [0.1, 0.15) is 0 Å². The van der Waals surface area contributed by atoms with Crippen LogP contribution in [0.2, 0.25) is 0 Å². The van der Waals surface area contributed by atoms with Gasteiger partial charge >= 0.3 is 5.97 Å². The molecule has 3 aliphatic rings. The lowest BCUT2D eigenvalue weighted by Gasteiger charge is -2.28. The van der Waals surface area contributed by atoms with Crippen molar-refractivity contribution in [3.05, 3.63) is 59.7 Å². The van der Waals surface area contributed by atoms with Crippen molar-refractivity contribution in [3.63, 3.8) is 0 Å². The van der Waals surface area contributed by atoms with Gasteiger partial charge in [-0.25, -0.2) is 4.79 Å². The molecule has 2 aliphatic carbocycles. The Bertz CT molecular complexity index is 1250. The molecule has 1 N–H and O–H groups in total. The van der Waals surface area contributed by atoms with E-state index in [0.717, 1.165) is 4.90 Å². The number of ketones is 1. The third-order valence-electron chi connectivity index (χ3n) is 7.24. The van der Waals surface area contributed by atoms with Crippen LogP contribution >= 0.6 is 23.2 Å². The molecule has 5 rings (SSSR count). The van der Waals surface area contributed by atoms with Crippen LogP contribution < -0.4 is 10.2 Å². The largest absolute Gasteiger partial charge is 0.452 e. The summed E-state index contributed by atoms with van der Waals surface area (Å²) in [6.07, 6.45) is 0.684. The Balaban J connectivity index is 1.20. The molecule has 36 heavy (non-hydrogen) atoms. The minimum atomic E-state index is -0.738. The van der Waals surface area contributed by atoms with Crippen LogP contribution in [-0.4, -0.2) is 46.8 Å². The van der Waals surface area contributed by atoms with E-state index in [4.69, 9.17) is 27.9 Å². The fourth-order valence-corrected chi connectivity index (χ4v) is 6.47. The van der Waals surface area contributed by atoms with Gasteiger partial charge in [-0.3, -0.25) is 24.1 Å². The second kappa shape index (κ2) is 9.33. The summed E-state index contributed by atoms with van der Waals surface area (Å²) < 4.78 is 5.07. The zero-order chi connectivity index (χ0) is 25.7. The van der Waals surface area contributed by atoms with Gasteiger partial charge < -0.3 is 10.1 Å². The molecule has 3 amide bonds. The highest BCUT2D eigenvalue weighted by atomic mass is 35.5. The molecule has 0 radical (unpaired) electrons. The summed E-state index contributed by atoms with van der Waals surface area (Å²) in [7, 11) is 0. The SMILES string of the molecule is CC(=O)c1cccc(NC(=O)COC(=O)c2ccc(N3C(=O)[C@@H]4[C@H]5C[C@@H]([C@H](Cl)[C@@H]5Cl)[C@@H]4C3=O)cc2)c1. The molecule has 0 aromatic heterocycles. The number of amides is 3. The van der Waals surface area contributed by atoms with Crippen molar-refractivity contribution < 1.29 is 28.7 Å². The van der Waals surface area contributed by atoms with Crippen molar-refractivity contribution in [1.29, 1.82) is 0 Å². The molecule has 8 nitrogen and oxygen atoms in total. The van der Waals surface area contributed by atoms with Crippen molar-refractivity contribution in [3.8, 4) is 0 Å². The minimum Gasteiger partial charge on any atom is -0.452 e. The van der Waals surface area contributed by atoms with Gasteiger partial charge in [-0.15, -0.1) is 23.2 Å². The van der Waals surface area contributed by atoms with E-state index < -0.39 is 30.3 Å². The highest BCUT2D eigenvalue weighted by Crippen LogP contribution is 2.59. The normalized spacial score (nSPS) is 28.2. The number of halogens is 2. The lowest BCUT2D eigenvalue weighted by atomic mass is 9.80. The van der Waals surface area contributed by atoms with Crippen molar-refractivity contribution in [2.75, 3.05) is 16.8 Å². The Hall–Kier alpha value is -3.23. The number of esters is 1. The molecule has 2 bridgehead atoms. The van der Waals surface area contributed by atoms with Crippen LogP contribution in [-0.2, 0) is 19.1 Å². The highest BCUT2D eigenvalue weighted by Gasteiger charge is 2.66. The number of ether oxygens (including phenoxy) is 1. The fraction of sp³-hybridized carbons (Fsp3) is 0.346. The summed E-state index contributed by atoms with van der Waals surface area (Å²) in [5.74, 6) is -3.16. The minimum absolute atomic E-state index is 0.115. The first-order valence-electron chi connectivity index (χ1n) is 11.5. The highest BCUT2D eigenvalue weighted by molar-refractivity contribution is 6.32. The van der Waals surface area contributed by atoms with Crippen LogP contribution in [0.4, 0.5) is 11.4 Å². The zero-order valence-corrected chi connectivity index (χ0v) is 20.7. The van der Waals surface area contributed by atoms with E-state index in [1.54, 1.807) is 18.2 Å². The summed E-state index contributed by atoms with van der Waals surface area (Å²) in [5, 5.41) is 1.91. The number of hydrogen-bond donors (Lipinski definition) is 1. The van der Waals surface area contributed by atoms with E-state index in [2.05, 4.69) is 5.32 Å². The Morgan fingerprint density at radius 3 is 2.14 bits per heavy atom. The number of hydrogen-bond acceptors (Lipinski definition) is 6. The first-order valence-corrected chi connectivity index (χ1v) is 12.4. The van der Waals surface area contributed by atoms with Gasteiger partial charge in [0.2, 0.25) is 11.8 Å². The molecule has 186 valence electrons. The lowest BCUT2D eigenvalue weighted by molar-refractivity contribution is -0.123. The summed E-state index contributed by atoms with van der Waals surface area (Å²) in [6, 6.07) is 12.3. The van der Waals surface area contributed by atoms with E-state index in [1.807, 2.05) is 0 Å². The van der Waals surface area contributed by atoms with Gasteiger partial charge in [-0.2, -0.15) is 0 Å². The number of benzene rings is 2. The maximum atomic E-state index is 13.1. The van der Waals surface area contributed by atoms with Gasteiger partial charge in [-0.1, -0.05) is 12.1 Å². The van der Waals surface area contributed by atoms with Crippen molar-refractivity contribution >= 4 is 64.1 Å². The fourth-order valence-electron chi connectivity index (χ4n) is 5.58. The van der Waals surface area contributed by atoms with Crippen molar-refractivity contribution in [2.24, 2.45) is 23.7 Å². The van der Waals surface area contributed by atoms with Gasteiger partial charge in [-0.05, 0) is 61.6 Å². The van der Waals surface area contributed by atoms with Crippen LogP contribution in [0.3, 0.4) is 0 Å². The number of imide groups is 1. The molecule has 2 saturated carbocycles. The van der Waals surface area contributed by atoms with Crippen LogP contribution in [0.25, 0.3) is 0 Å². The lowest BCUT2D eigenvalue weighted by Crippen LogP contribution is -2.37. The molecule has 10 heteroatoms. The Morgan fingerprint density at radius 2 is 1.56 bits per heavy atom. The second-order valence-corrected chi connectivity index (χ2v) is 10.3. The van der Waals surface area contributed by atoms with Crippen LogP contribution in [0.1, 0.15) is 34.1 Å². The Kier molecular flexibility index (Phi) is 6.34. The van der Waals surface area contributed by atoms with Gasteiger partial charge in [0.15, 0.2) is 12.4 Å². The van der Waals surface area contributed by atoms with Crippen LogP contribution in [0, 0.1) is 23.7 Å². The number of carbonyl (C=O) groups excluding carboxylic acids is 5. The van der Waals surface area contributed by atoms with Crippen LogP contribution in [0.5, 0.6) is 0 Å². The van der Waals surface area contributed by atoms with Crippen LogP contribution in [0.15, 0.2) is 48.5 Å². The third-order valence-corrected chi connectivity index (χ3v) is 8.55. The summed E-state index contributed by atoms with van der Waals surface area (Å²) in [5.41, 5.74) is 1.37. The molecule has 3 fully saturated rings. The van der Waals surface area contributed by atoms with E-state index in [0.29, 0.717) is 23.4 Å². The second-order valence-electron chi connectivity index (χ2n) is 9.32. The molecule has 6 atom stereocenters. The average Bonchev–Trinajstić information content (AvgIpc) is 3.47. The van der Waals surface area contributed by atoms with E-state index in [-0.39, 0.29) is 45.8 Å². The predicted molar refractivity (Wildman–Crippen MR) is 132 cm³/mol. The predicted octanol–water partition coefficient (Wildman–Crippen LogP) is 3.65. The first kappa shape index (κ1) is 24.5. The zero-order valence-electron chi connectivity index (χ0n) is 19.1. The molecular formula is C26H22Cl2N2O6. The Morgan fingerprint density at radius 1 is 0.944 bits per heavy atom. The average molecular weight is 529 g/mol. The van der Waals surface area contributed by atoms with Crippen molar-refractivity contribution in [1.82, 2.24) is 0 Å². The van der Waals surface area contributed by atoms with Gasteiger partial charge in [0.05, 0.1) is 33.8 Å². The van der Waals surface area contributed by atoms with E-state index in [1.165, 1.54) is 37.3 Å². The van der Waals surface area contributed by atoms with E-state index in [9.17, 15) is 24.0 Å². The first-order chi connectivity index (χ1) is 17.2.